The number of benzene rings is 1. The third kappa shape index (κ3) is 4.47. The lowest BCUT2D eigenvalue weighted by molar-refractivity contribution is 0.158. The molecule has 3 heteroatoms. The Labute approximate surface area is 114 Å². The van der Waals surface area contributed by atoms with Crippen molar-refractivity contribution in [1.82, 2.24) is 10.3 Å². The second-order valence-corrected chi connectivity index (χ2v) is 4.72. The lowest BCUT2D eigenvalue weighted by Crippen LogP contribution is -2.19. The number of nitrogens with one attached hydrogen (secondary N) is 1. The van der Waals surface area contributed by atoms with Crippen molar-refractivity contribution in [2.75, 3.05) is 19.8 Å². The van der Waals surface area contributed by atoms with Crippen molar-refractivity contribution in [3.63, 3.8) is 0 Å². The number of hydrogen-bond acceptors (Lipinski definition) is 3. The molecular weight excluding hydrogens is 236 g/mol. The Bertz CT molecular complexity index is 551. The van der Waals surface area contributed by atoms with Crippen LogP contribution < -0.4 is 5.32 Å². The molecule has 1 N–H and O–H groups in total. The van der Waals surface area contributed by atoms with Crippen LogP contribution in [0.5, 0.6) is 0 Å². The van der Waals surface area contributed by atoms with Gasteiger partial charge >= 0.3 is 0 Å². The Morgan fingerprint density at radius 2 is 2.26 bits per heavy atom. The van der Waals surface area contributed by atoms with E-state index in [1.54, 1.807) is 0 Å². The van der Waals surface area contributed by atoms with Gasteiger partial charge in [0.2, 0.25) is 0 Å². The third-order valence-corrected chi connectivity index (χ3v) is 2.77. The molecule has 0 aliphatic rings. The summed E-state index contributed by atoms with van der Waals surface area (Å²) in [6.07, 6.45) is 1.82. The van der Waals surface area contributed by atoms with Gasteiger partial charge in [0.15, 0.2) is 0 Å². The van der Waals surface area contributed by atoms with Crippen molar-refractivity contribution in [2.24, 2.45) is 0 Å². The first-order chi connectivity index (χ1) is 9.25. The first kappa shape index (κ1) is 13.7. The summed E-state index contributed by atoms with van der Waals surface area (Å²) in [4.78, 5) is 4.31. The van der Waals surface area contributed by atoms with E-state index in [4.69, 9.17) is 4.74 Å². The molecule has 0 amide bonds. The topological polar surface area (TPSA) is 34.1 Å². The van der Waals surface area contributed by atoms with Gasteiger partial charge < -0.3 is 10.1 Å². The first-order valence-electron chi connectivity index (χ1n) is 6.52. The molecule has 0 radical (unpaired) electrons. The highest BCUT2D eigenvalue weighted by Gasteiger charge is 1.97. The summed E-state index contributed by atoms with van der Waals surface area (Å²) in [5.41, 5.74) is 3.36. The van der Waals surface area contributed by atoms with Crippen molar-refractivity contribution in [1.29, 1.82) is 0 Å². The van der Waals surface area contributed by atoms with E-state index in [2.05, 4.69) is 41.1 Å². The van der Waals surface area contributed by atoms with E-state index in [9.17, 15) is 0 Å². The molecule has 0 bridgehead atoms. The van der Waals surface area contributed by atoms with E-state index in [0.717, 1.165) is 24.2 Å². The van der Waals surface area contributed by atoms with E-state index >= 15 is 0 Å². The van der Waals surface area contributed by atoms with Crippen LogP contribution in [0.3, 0.4) is 0 Å². The van der Waals surface area contributed by atoms with Gasteiger partial charge in [-0.15, -0.1) is 0 Å². The summed E-state index contributed by atoms with van der Waals surface area (Å²) in [6, 6.07) is 10.4. The van der Waals surface area contributed by atoms with Crippen molar-refractivity contribution < 1.29 is 4.74 Å². The largest absolute Gasteiger partial charge is 0.376 e. The third-order valence-electron chi connectivity index (χ3n) is 2.77. The van der Waals surface area contributed by atoms with Gasteiger partial charge in [-0.3, -0.25) is 4.98 Å². The normalized spacial score (nSPS) is 10.8. The van der Waals surface area contributed by atoms with Crippen molar-refractivity contribution in [2.45, 2.75) is 13.5 Å². The van der Waals surface area contributed by atoms with Crippen LogP contribution in [-0.4, -0.2) is 24.7 Å². The van der Waals surface area contributed by atoms with Crippen LogP contribution in [0.15, 0.2) is 48.7 Å². The lowest BCUT2D eigenvalue weighted by Gasteiger charge is -2.07. The second kappa shape index (κ2) is 7.02. The predicted molar refractivity (Wildman–Crippen MR) is 79.1 cm³/mol. The molecule has 100 valence electrons. The number of hydrogen-bond donors (Lipinski definition) is 1. The minimum atomic E-state index is 0.642. The molecule has 1 heterocycles. The molecule has 3 nitrogen and oxygen atoms in total. The molecule has 0 fully saturated rings. The van der Waals surface area contributed by atoms with Crippen molar-refractivity contribution in [3.05, 3.63) is 54.2 Å². The van der Waals surface area contributed by atoms with E-state index in [0.29, 0.717) is 13.2 Å². The maximum Gasteiger partial charge on any atom is 0.0702 e. The first-order valence-corrected chi connectivity index (χ1v) is 6.52. The van der Waals surface area contributed by atoms with Gasteiger partial charge in [-0.2, -0.15) is 0 Å². The molecule has 2 aromatic rings. The number of fused-ring (bicyclic) bond motifs is 1. The molecule has 0 unspecified atom stereocenters. The Hall–Kier alpha value is -1.71. The summed E-state index contributed by atoms with van der Waals surface area (Å²) in [5.74, 6) is 0. The molecule has 0 spiro atoms. The predicted octanol–water partition coefficient (Wildman–Crippen LogP) is 2.92. The van der Waals surface area contributed by atoms with Crippen LogP contribution in [0, 0.1) is 0 Å². The van der Waals surface area contributed by atoms with E-state index in [-0.39, 0.29) is 0 Å². The summed E-state index contributed by atoms with van der Waals surface area (Å²) in [5, 5.41) is 4.55. The van der Waals surface area contributed by atoms with E-state index < -0.39 is 0 Å². The van der Waals surface area contributed by atoms with E-state index in [1.807, 2.05) is 19.2 Å². The average Bonchev–Trinajstić information content (AvgIpc) is 2.42. The van der Waals surface area contributed by atoms with E-state index in [1.165, 1.54) is 10.9 Å². The highest BCUT2D eigenvalue weighted by atomic mass is 16.5. The molecule has 19 heavy (non-hydrogen) atoms. The summed E-state index contributed by atoms with van der Waals surface area (Å²) in [7, 11) is 0. The Balaban J connectivity index is 1.77. The van der Waals surface area contributed by atoms with Gasteiger partial charge in [0, 0.05) is 24.7 Å². The maximum atomic E-state index is 5.43. The summed E-state index contributed by atoms with van der Waals surface area (Å²) in [6.45, 7) is 8.81. The molecule has 0 aliphatic heterocycles. The Morgan fingerprint density at radius 1 is 1.37 bits per heavy atom. The SMILES string of the molecule is C=C(C)COCCNCc1ccc2ncccc2c1. The van der Waals surface area contributed by atoms with Crippen LogP contribution in [0.2, 0.25) is 0 Å². The summed E-state index contributed by atoms with van der Waals surface area (Å²) >= 11 is 0. The van der Waals surface area contributed by atoms with Gasteiger partial charge in [-0.25, -0.2) is 0 Å². The minimum Gasteiger partial charge on any atom is -0.376 e. The second-order valence-electron chi connectivity index (χ2n) is 4.72. The quantitative estimate of drug-likeness (QED) is 0.611. The van der Waals surface area contributed by atoms with Gasteiger partial charge in [-0.05, 0) is 30.7 Å². The number of pyridine rings is 1. The lowest BCUT2D eigenvalue weighted by atomic mass is 10.1. The minimum absolute atomic E-state index is 0.642. The van der Waals surface area contributed by atoms with Crippen LogP contribution in [0.1, 0.15) is 12.5 Å². The molecule has 0 atom stereocenters. The van der Waals surface area contributed by atoms with Crippen molar-refractivity contribution >= 4 is 10.9 Å². The molecule has 0 saturated carbocycles. The zero-order chi connectivity index (χ0) is 13.5. The molecule has 1 aromatic heterocycles. The van der Waals surface area contributed by atoms with Gasteiger partial charge in [0.1, 0.15) is 0 Å². The molecule has 0 aliphatic carbocycles. The number of aromatic nitrogens is 1. The highest BCUT2D eigenvalue weighted by Crippen LogP contribution is 2.12. The summed E-state index contributed by atoms with van der Waals surface area (Å²) < 4.78 is 5.43. The standard InChI is InChI=1S/C16H20N2O/c1-13(2)12-19-9-8-17-11-14-5-6-16-15(10-14)4-3-7-18-16/h3-7,10,17H,1,8-9,11-12H2,2H3. The highest BCUT2D eigenvalue weighted by molar-refractivity contribution is 5.78. The monoisotopic (exact) mass is 256 g/mol. The fourth-order valence-electron chi connectivity index (χ4n) is 1.86. The zero-order valence-electron chi connectivity index (χ0n) is 11.4. The van der Waals surface area contributed by atoms with Gasteiger partial charge in [-0.1, -0.05) is 24.3 Å². The molecular formula is C16H20N2O. The van der Waals surface area contributed by atoms with Crippen LogP contribution in [0.4, 0.5) is 0 Å². The van der Waals surface area contributed by atoms with Crippen LogP contribution in [-0.2, 0) is 11.3 Å². The average molecular weight is 256 g/mol. The maximum absolute atomic E-state index is 5.43. The Morgan fingerprint density at radius 3 is 3.11 bits per heavy atom. The van der Waals surface area contributed by atoms with Crippen LogP contribution >= 0.6 is 0 Å². The zero-order valence-corrected chi connectivity index (χ0v) is 11.4. The van der Waals surface area contributed by atoms with Crippen molar-refractivity contribution in [3.8, 4) is 0 Å². The molecule has 0 saturated heterocycles. The Kier molecular flexibility index (Phi) is 5.07. The molecule has 1 aromatic carbocycles. The number of ether oxygens (including phenoxy) is 1. The van der Waals surface area contributed by atoms with Gasteiger partial charge in [0.25, 0.3) is 0 Å². The fraction of sp³-hybridized carbons (Fsp3) is 0.312. The number of nitrogens with zero attached hydrogens (tertiary/aromatic N) is 1. The fourth-order valence-corrected chi connectivity index (χ4v) is 1.86. The van der Waals surface area contributed by atoms with Gasteiger partial charge in [0.05, 0.1) is 18.7 Å². The smallest absolute Gasteiger partial charge is 0.0702 e. The molecule has 2 rings (SSSR count). The van der Waals surface area contributed by atoms with Crippen LogP contribution in [0.25, 0.3) is 10.9 Å². The number of rotatable bonds is 7.